The van der Waals surface area contributed by atoms with Gasteiger partial charge in [-0.25, -0.2) is 4.39 Å². The zero-order valence-corrected chi connectivity index (χ0v) is 19.2. The van der Waals surface area contributed by atoms with Crippen LogP contribution in [0.4, 0.5) is 4.39 Å². The molecule has 0 aliphatic rings. The zero-order valence-electron chi connectivity index (χ0n) is 19.2. The molecule has 5 nitrogen and oxygen atoms in total. The summed E-state index contributed by atoms with van der Waals surface area (Å²) >= 11 is 0. The van der Waals surface area contributed by atoms with Crippen LogP contribution in [0, 0.1) is 5.82 Å². The van der Waals surface area contributed by atoms with Gasteiger partial charge in [-0.3, -0.25) is 4.79 Å². The van der Waals surface area contributed by atoms with E-state index in [1.807, 2.05) is 43.3 Å². The predicted molar refractivity (Wildman–Crippen MR) is 132 cm³/mol. The van der Waals surface area contributed by atoms with Crippen molar-refractivity contribution in [2.45, 2.75) is 33.2 Å². The molecule has 0 amide bonds. The van der Waals surface area contributed by atoms with E-state index in [0.29, 0.717) is 29.1 Å². The molecule has 3 aromatic carbocycles. The summed E-state index contributed by atoms with van der Waals surface area (Å²) in [6, 6.07) is 19.9. The average Bonchev–Trinajstić information content (AvgIpc) is 2.83. The summed E-state index contributed by atoms with van der Waals surface area (Å²) in [6.45, 7) is 3.36. The third kappa shape index (κ3) is 5.91. The zero-order chi connectivity index (χ0) is 24.7. The van der Waals surface area contributed by atoms with E-state index < -0.39 is 11.8 Å². The standard InChI is InChI=1S/C28H28FNO4/c1-3-23(16-25(18(2)31)24-11-7-10-22(17-30)28(24)29)34-26-14-20(19-8-5-4-6-9-19)12-13-21(26)15-27(32)33/h4-14,16,31H,3,15,17,30H2,1-2H3,(H,32,33)/b23-16+,25-18-. The van der Waals surface area contributed by atoms with Crippen molar-refractivity contribution < 1.29 is 24.1 Å². The number of ether oxygens (including phenoxy) is 1. The molecule has 3 rings (SSSR count). The Morgan fingerprint density at radius 1 is 1.00 bits per heavy atom. The van der Waals surface area contributed by atoms with Gasteiger partial charge in [-0.1, -0.05) is 67.6 Å². The minimum absolute atomic E-state index is 0.0309. The van der Waals surface area contributed by atoms with Crippen LogP contribution in [-0.4, -0.2) is 16.2 Å². The number of aliphatic hydroxyl groups excluding tert-OH is 1. The van der Waals surface area contributed by atoms with E-state index in [1.54, 1.807) is 36.4 Å². The van der Waals surface area contributed by atoms with Crippen LogP contribution in [0.2, 0.25) is 0 Å². The fourth-order valence-electron chi connectivity index (χ4n) is 3.60. The molecule has 3 aromatic rings. The highest BCUT2D eigenvalue weighted by Crippen LogP contribution is 2.31. The van der Waals surface area contributed by atoms with Crippen molar-refractivity contribution in [1.82, 2.24) is 0 Å². The fourth-order valence-corrected chi connectivity index (χ4v) is 3.60. The van der Waals surface area contributed by atoms with Crippen molar-refractivity contribution >= 4 is 11.5 Å². The topological polar surface area (TPSA) is 92.8 Å². The van der Waals surface area contributed by atoms with Crippen molar-refractivity contribution in [1.29, 1.82) is 0 Å². The number of nitrogens with two attached hydrogens (primary N) is 1. The summed E-state index contributed by atoms with van der Waals surface area (Å²) in [6.07, 6.45) is 1.79. The number of aliphatic hydroxyl groups is 1. The number of benzene rings is 3. The Morgan fingerprint density at radius 2 is 1.74 bits per heavy atom. The second kappa shape index (κ2) is 11.3. The van der Waals surface area contributed by atoms with E-state index >= 15 is 0 Å². The van der Waals surface area contributed by atoms with Gasteiger partial charge in [0.25, 0.3) is 0 Å². The molecule has 0 aliphatic carbocycles. The molecule has 0 saturated heterocycles. The first-order valence-electron chi connectivity index (χ1n) is 11.0. The Labute approximate surface area is 198 Å². The van der Waals surface area contributed by atoms with Gasteiger partial charge < -0.3 is 20.7 Å². The first kappa shape index (κ1) is 24.7. The maximum atomic E-state index is 15.0. The SMILES string of the molecule is CC/C(=C\C(=C(/C)O)c1cccc(CN)c1F)Oc1cc(-c2ccccc2)ccc1CC(=O)O. The number of carbonyl (C=O) groups is 1. The molecule has 0 fully saturated rings. The van der Waals surface area contributed by atoms with Crippen molar-refractivity contribution in [2.75, 3.05) is 0 Å². The summed E-state index contributed by atoms with van der Waals surface area (Å²) in [5, 5.41) is 19.7. The number of allylic oxidation sites excluding steroid dienone is 4. The van der Waals surface area contributed by atoms with Gasteiger partial charge in [0.15, 0.2) is 0 Å². The van der Waals surface area contributed by atoms with Gasteiger partial charge in [0, 0.05) is 35.2 Å². The Morgan fingerprint density at radius 3 is 2.35 bits per heavy atom. The number of rotatable bonds is 9. The quantitative estimate of drug-likeness (QED) is 0.259. The highest BCUT2D eigenvalue weighted by atomic mass is 19.1. The van der Waals surface area contributed by atoms with Crippen LogP contribution in [0.15, 0.2) is 84.3 Å². The average molecular weight is 462 g/mol. The second-order valence-electron chi connectivity index (χ2n) is 7.81. The van der Waals surface area contributed by atoms with Gasteiger partial charge in [-0.2, -0.15) is 0 Å². The normalized spacial score (nSPS) is 12.3. The van der Waals surface area contributed by atoms with Gasteiger partial charge in [-0.15, -0.1) is 0 Å². The van der Waals surface area contributed by atoms with E-state index in [4.69, 9.17) is 10.5 Å². The molecule has 0 atom stereocenters. The monoisotopic (exact) mass is 461 g/mol. The molecule has 0 saturated carbocycles. The Kier molecular flexibility index (Phi) is 8.22. The largest absolute Gasteiger partial charge is 0.512 e. The van der Waals surface area contributed by atoms with E-state index in [2.05, 4.69) is 0 Å². The third-order valence-electron chi connectivity index (χ3n) is 5.39. The predicted octanol–water partition coefficient (Wildman–Crippen LogP) is 6.24. The van der Waals surface area contributed by atoms with Crippen molar-refractivity contribution in [3.8, 4) is 16.9 Å². The molecular weight excluding hydrogens is 433 g/mol. The molecule has 0 unspecified atom stereocenters. The molecule has 0 heterocycles. The van der Waals surface area contributed by atoms with Crippen molar-refractivity contribution in [3.63, 3.8) is 0 Å². The lowest BCUT2D eigenvalue weighted by Gasteiger charge is -2.16. The summed E-state index contributed by atoms with van der Waals surface area (Å²) in [5.41, 5.74) is 8.79. The number of hydrogen-bond acceptors (Lipinski definition) is 4. The van der Waals surface area contributed by atoms with E-state index in [9.17, 15) is 19.4 Å². The van der Waals surface area contributed by atoms with Crippen LogP contribution in [0.25, 0.3) is 16.7 Å². The van der Waals surface area contributed by atoms with Crippen LogP contribution in [0.3, 0.4) is 0 Å². The number of halogens is 1. The highest BCUT2D eigenvalue weighted by Gasteiger charge is 2.16. The summed E-state index contributed by atoms with van der Waals surface area (Å²) in [5.74, 6) is -0.725. The number of aliphatic carboxylic acids is 1. The summed E-state index contributed by atoms with van der Waals surface area (Å²) in [7, 11) is 0. The second-order valence-corrected chi connectivity index (χ2v) is 7.81. The highest BCUT2D eigenvalue weighted by molar-refractivity contribution is 5.77. The van der Waals surface area contributed by atoms with Gasteiger partial charge >= 0.3 is 5.97 Å². The van der Waals surface area contributed by atoms with Crippen LogP contribution >= 0.6 is 0 Å². The molecule has 0 spiro atoms. The fraction of sp³-hybridized carbons (Fsp3) is 0.179. The molecule has 0 radical (unpaired) electrons. The lowest BCUT2D eigenvalue weighted by atomic mass is 9.99. The van der Waals surface area contributed by atoms with Gasteiger partial charge in [0.2, 0.25) is 0 Å². The molecule has 0 aromatic heterocycles. The summed E-state index contributed by atoms with van der Waals surface area (Å²) < 4.78 is 21.1. The molecule has 0 bridgehead atoms. The van der Waals surface area contributed by atoms with E-state index in [-0.39, 0.29) is 29.9 Å². The minimum Gasteiger partial charge on any atom is -0.512 e. The van der Waals surface area contributed by atoms with Crippen LogP contribution in [-0.2, 0) is 17.8 Å². The number of hydrogen-bond donors (Lipinski definition) is 3. The maximum Gasteiger partial charge on any atom is 0.307 e. The van der Waals surface area contributed by atoms with Gasteiger partial charge in [-0.05, 0) is 30.2 Å². The molecule has 4 N–H and O–H groups in total. The molecular formula is C28H28FNO4. The van der Waals surface area contributed by atoms with Crippen LogP contribution < -0.4 is 10.5 Å². The third-order valence-corrected chi connectivity index (χ3v) is 5.39. The van der Waals surface area contributed by atoms with E-state index in [1.165, 1.54) is 6.92 Å². The molecule has 0 aliphatic heterocycles. The Balaban J connectivity index is 2.06. The number of carboxylic acid groups (broad SMARTS) is 1. The maximum absolute atomic E-state index is 15.0. The Bertz CT molecular complexity index is 1230. The Hall–Kier alpha value is -3.90. The van der Waals surface area contributed by atoms with Crippen molar-refractivity contribution in [2.24, 2.45) is 5.73 Å². The lowest BCUT2D eigenvalue weighted by Crippen LogP contribution is -2.05. The summed E-state index contributed by atoms with van der Waals surface area (Å²) in [4.78, 5) is 11.4. The lowest BCUT2D eigenvalue weighted by molar-refractivity contribution is -0.136. The minimum atomic E-state index is -0.980. The van der Waals surface area contributed by atoms with Crippen molar-refractivity contribution in [3.05, 3.63) is 107 Å². The van der Waals surface area contributed by atoms with Gasteiger partial charge in [0.05, 0.1) is 12.2 Å². The van der Waals surface area contributed by atoms with Crippen LogP contribution in [0.5, 0.6) is 5.75 Å². The molecule has 34 heavy (non-hydrogen) atoms. The van der Waals surface area contributed by atoms with Crippen LogP contribution in [0.1, 0.15) is 37.0 Å². The van der Waals surface area contributed by atoms with E-state index in [0.717, 1.165) is 11.1 Å². The number of carboxylic acids is 1. The van der Waals surface area contributed by atoms with Gasteiger partial charge in [0.1, 0.15) is 17.3 Å². The smallest absolute Gasteiger partial charge is 0.307 e. The molecule has 6 heteroatoms. The first-order chi connectivity index (χ1) is 16.3. The molecule has 176 valence electrons. The first-order valence-corrected chi connectivity index (χ1v) is 11.0.